The van der Waals surface area contributed by atoms with E-state index in [1.54, 1.807) is 18.3 Å². The molecule has 1 aromatic rings. The lowest BCUT2D eigenvalue weighted by Gasteiger charge is -2.00. The summed E-state index contributed by atoms with van der Waals surface area (Å²) in [5.74, 6) is 0.0211. The molecule has 0 fully saturated rings. The van der Waals surface area contributed by atoms with Crippen LogP contribution in [0.5, 0.6) is 5.75 Å². The van der Waals surface area contributed by atoms with E-state index < -0.39 is 0 Å². The molecule has 0 saturated carbocycles. The topological polar surface area (TPSA) is 61.7 Å². The Morgan fingerprint density at radius 1 is 1.53 bits per heavy atom. The zero-order valence-electron chi connectivity index (χ0n) is 8.77. The van der Waals surface area contributed by atoms with Gasteiger partial charge in [0.1, 0.15) is 5.75 Å². The van der Waals surface area contributed by atoms with Gasteiger partial charge in [-0.15, -0.1) is 0 Å². The summed E-state index contributed by atoms with van der Waals surface area (Å²) in [5, 5.41) is 12.9. The molecule has 4 nitrogen and oxygen atoms in total. The Labute approximate surface area is 88.6 Å². The molecular formula is C11H14N2O2. The second kappa shape index (κ2) is 5.14. The Hall–Kier alpha value is -1.84. The highest BCUT2D eigenvalue weighted by molar-refractivity contribution is 5.94. The molecule has 15 heavy (non-hydrogen) atoms. The van der Waals surface area contributed by atoms with Gasteiger partial charge in [-0.2, -0.15) is 5.10 Å². The van der Waals surface area contributed by atoms with Crippen molar-refractivity contribution in [3.8, 4) is 5.75 Å². The van der Waals surface area contributed by atoms with Crippen molar-refractivity contribution in [2.75, 3.05) is 0 Å². The van der Waals surface area contributed by atoms with Crippen LogP contribution in [-0.4, -0.2) is 17.2 Å². The minimum Gasteiger partial charge on any atom is -0.508 e. The standard InChI is InChI=1S/C11H14N2O2/c1-8(2)7-12-13-11(15)9-4-3-5-10(14)6-9/h3-8,14H,1-2H3,(H,13,15)/b12-7-. The van der Waals surface area contributed by atoms with Gasteiger partial charge >= 0.3 is 0 Å². The Bertz CT molecular complexity index is 373. The molecule has 80 valence electrons. The highest BCUT2D eigenvalue weighted by Crippen LogP contribution is 2.10. The molecule has 1 rings (SSSR count). The van der Waals surface area contributed by atoms with E-state index in [0.717, 1.165) is 0 Å². The number of hydrogen-bond acceptors (Lipinski definition) is 3. The van der Waals surface area contributed by atoms with Crippen molar-refractivity contribution in [1.29, 1.82) is 0 Å². The molecule has 1 aromatic carbocycles. The fourth-order valence-corrected chi connectivity index (χ4v) is 0.957. The van der Waals surface area contributed by atoms with Crippen LogP contribution in [0.15, 0.2) is 29.4 Å². The monoisotopic (exact) mass is 206 g/mol. The molecule has 0 bridgehead atoms. The summed E-state index contributed by atoms with van der Waals surface area (Å²) in [6.45, 7) is 3.92. The van der Waals surface area contributed by atoms with Crippen LogP contribution >= 0.6 is 0 Å². The van der Waals surface area contributed by atoms with Gasteiger partial charge in [-0.1, -0.05) is 19.9 Å². The maximum absolute atomic E-state index is 11.4. The van der Waals surface area contributed by atoms with Crippen molar-refractivity contribution >= 4 is 12.1 Å². The van der Waals surface area contributed by atoms with Gasteiger partial charge in [-0.05, 0) is 24.1 Å². The molecule has 0 spiro atoms. The third-order valence-electron chi connectivity index (χ3n) is 1.65. The van der Waals surface area contributed by atoms with Crippen LogP contribution in [0.3, 0.4) is 0 Å². The van der Waals surface area contributed by atoms with E-state index in [2.05, 4.69) is 10.5 Å². The maximum Gasteiger partial charge on any atom is 0.271 e. The average molecular weight is 206 g/mol. The van der Waals surface area contributed by atoms with E-state index >= 15 is 0 Å². The molecule has 0 aromatic heterocycles. The summed E-state index contributed by atoms with van der Waals surface area (Å²) < 4.78 is 0. The molecule has 1 amide bonds. The normalized spacial score (nSPS) is 10.9. The average Bonchev–Trinajstić information content (AvgIpc) is 2.17. The largest absolute Gasteiger partial charge is 0.508 e. The highest BCUT2D eigenvalue weighted by Gasteiger charge is 2.03. The van der Waals surface area contributed by atoms with E-state index in [0.29, 0.717) is 5.56 Å². The Kier molecular flexibility index (Phi) is 3.85. The summed E-state index contributed by atoms with van der Waals surface area (Å²) in [7, 11) is 0. The number of carbonyl (C=O) groups is 1. The number of nitrogens with one attached hydrogen (secondary N) is 1. The number of rotatable bonds is 3. The van der Waals surface area contributed by atoms with Gasteiger partial charge in [-0.25, -0.2) is 5.43 Å². The highest BCUT2D eigenvalue weighted by atomic mass is 16.3. The van der Waals surface area contributed by atoms with E-state index in [-0.39, 0.29) is 17.6 Å². The molecule has 0 radical (unpaired) electrons. The second-order valence-electron chi connectivity index (χ2n) is 3.51. The summed E-state index contributed by atoms with van der Waals surface area (Å²) in [6.07, 6.45) is 1.64. The van der Waals surface area contributed by atoms with E-state index in [1.807, 2.05) is 13.8 Å². The molecule has 0 aliphatic carbocycles. The first kappa shape index (κ1) is 11.2. The summed E-state index contributed by atoms with van der Waals surface area (Å²) in [5.41, 5.74) is 2.76. The van der Waals surface area contributed by atoms with Gasteiger partial charge in [-0.3, -0.25) is 4.79 Å². The van der Waals surface area contributed by atoms with Gasteiger partial charge in [0.15, 0.2) is 0 Å². The Morgan fingerprint density at radius 2 is 2.27 bits per heavy atom. The summed E-state index contributed by atoms with van der Waals surface area (Å²) >= 11 is 0. The Balaban J connectivity index is 2.62. The first-order valence-corrected chi connectivity index (χ1v) is 4.72. The molecule has 2 N–H and O–H groups in total. The molecule has 4 heteroatoms. The first-order valence-electron chi connectivity index (χ1n) is 4.72. The zero-order chi connectivity index (χ0) is 11.3. The fraction of sp³-hybridized carbons (Fsp3) is 0.273. The van der Waals surface area contributed by atoms with Gasteiger partial charge in [0.05, 0.1) is 0 Å². The first-order chi connectivity index (χ1) is 7.09. The number of aromatic hydroxyl groups is 1. The van der Waals surface area contributed by atoms with Crippen LogP contribution in [-0.2, 0) is 0 Å². The Morgan fingerprint density at radius 3 is 2.87 bits per heavy atom. The third-order valence-corrected chi connectivity index (χ3v) is 1.65. The van der Waals surface area contributed by atoms with Gasteiger partial charge in [0.2, 0.25) is 0 Å². The molecule has 0 heterocycles. The van der Waals surface area contributed by atoms with Crippen molar-refractivity contribution < 1.29 is 9.90 Å². The van der Waals surface area contributed by atoms with Crippen molar-refractivity contribution in [3.05, 3.63) is 29.8 Å². The van der Waals surface area contributed by atoms with Crippen LogP contribution in [0.25, 0.3) is 0 Å². The number of carbonyl (C=O) groups excluding carboxylic acids is 1. The molecular weight excluding hydrogens is 192 g/mol. The van der Waals surface area contributed by atoms with Crippen molar-refractivity contribution in [2.45, 2.75) is 13.8 Å². The van der Waals surface area contributed by atoms with Crippen LogP contribution in [0.2, 0.25) is 0 Å². The summed E-state index contributed by atoms with van der Waals surface area (Å²) in [6, 6.07) is 6.12. The van der Waals surface area contributed by atoms with Crippen LogP contribution < -0.4 is 5.43 Å². The zero-order valence-corrected chi connectivity index (χ0v) is 8.77. The molecule has 0 unspecified atom stereocenters. The number of phenols is 1. The molecule has 0 aliphatic rings. The van der Waals surface area contributed by atoms with Crippen molar-refractivity contribution in [3.63, 3.8) is 0 Å². The van der Waals surface area contributed by atoms with Crippen LogP contribution in [0.1, 0.15) is 24.2 Å². The van der Waals surface area contributed by atoms with Crippen molar-refractivity contribution in [2.24, 2.45) is 11.0 Å². The number of hydrazone groups is 1. The van der Waals surface area contributed by atoms with Crippen molar-refractivity contribution in [1.82, 2.24) is 5.43 Å². The fourth-order valence-electron chi connectivity index (χ4n) is 0.957. The predicted octanol–water partition coefficient (Wildman–Crippen LogP) is 1.76. The molecule has 0 saturated heterocycles. The minimum atomic E-state index is -0.331. The number of hydrogen-bond donors (Lipinski definition) is 2. The number of nitrogens with zero attached hydrogens (tertiary/aromatic N) is 1. The maximum atomic E-state index is 11.4. The van der Waals surface area contributed by atoms with E-state index in [9.17, 15) is 4.79 Å². The minimum absolute atomic E-state index is 0.0653. The number of benzene rings is 1. The summed E-state index contributed by atoms with van der Waals surface area (Å²) in [4.78, 5) is 11.4. The predicted molar refractivity (Wildman–Crippen MR) is 58.9 cm³/mol. The van der Waals surface area contributed by atoms with Crippen LogP contribution in [0, 0.1) is 5.92 Å². The third kappa shape index (κ3) is 3.81. The number of phenolic OH excluding ortho intramolecular Hbond substituents is 1. The smallest absolute Gasteiger partial charge is 0.271 e. The lowest BCUT2D eigenvalue weighted by Crippen LogP contribution is -2.17. The number of amides is 1. The molecule has 0 atom stereocenters. The molecule has 0 aliphatic heterocycles. The van der Waals surface area contributed by atoms with Gasteiger partial charge in [0.25, 0.3) is 5.91 Å². The van der Waals surface area contributed by atoms with Crippen LogP contribution in [0.4, 0.5) is 0 Å². The lowest BCUT2D eigenvalue weighted by atomic mass is 10.2. The van der Waals surface area contributed by atoms with Gasteiger partial charge < -0.3 is 5.11 Å². The quantitative estimate of drug-likeness (QED) is 0.584. The second-order valence-corrected chi connectivity index (χ2v) is 3.51. The van der Waals surface area contributed by atoms with Gasteiger partial charge in [0, 0.05) is 11.8 Å². The SMILES string of the molecule is CC(C)/C=N\NC(=O)c1cccc(O)c1. The van der Waals surface area contributed by atoms with E-state index in [1.165, 1.54) is 12.1 Å². The van der Waals surface area contributed by atoms with E-state index in [4.69, 9.17) is 5.11 Å². The lowest BCUT2D eigenvalue weighted by molar-refractivity contribution is 0.0954.